The molecule has 0 amide bonds. The molecular formula is C27H30N2O2S2. The SMILES string of the molecule is CCOC(=O)c1cc(Cc2ccccc2)sc1NC(=S)N1CCC(Cc2ccccc2)CC1. The zero-order valence-electron chi connectivity index (χ0n) is 19.0. The quantitative estimate of drug-likeness (QED) is 0.325. The number of carbonyl (C=O) groups is 1. The highest BCUT2D eigenvalue weighted by Gasteiger charge is 2.24. The smallest absolute Gasteiger partial charge is 0.341 e. The number of carbonyl (C=O) groups excluding carboxylic acids is 1. The Morgan fingerprint density at radius 3 is 2.33 bits per heavy atom. The molecule has 0 atom stereocenters. The maximum Gasteiger partial charge on any atom is 0.341 e. The molecule has 2 heterocycles. The molecule has 33 heavy (non-hydrogen) atoms. The lowest BCUT2D eigenvalue weighted by atomic mass is 9.90. The average Bonchev–Trinajstić information content (AvgIpc) is 3.23. The van der Waals surface area contributed by atoms with Crippen molar-refractivity contribution < 1.29 is 9.53 Å². The van der Waals surface area contributed by atoms with Crippen LogP contribution in [0.2, 0.25) is 0 Å². The Balaban J connectivity index is 1.39. The lowest BCUT2D eigenvalue weighted by Gasteiger charge is -2.33. The van der Waals surface area contributed by atoms with Crippen LogP contribution in [-0.4, -0.2) is 35.7 Å². The number of nitrogens with zero attached hydrogens (tertiary/aromatic N) is 1. The van der Waals surface area contributed by atoms with Crippen molar-refractivity contribution in [1.82, 2.24) is 4.90 Å². The van der Waals surface area contributed by atoms with E-state index in [1.54, 1.807) is 11.3 Å². The second-order valence-electron chi connectivity index (χ2n) is 8.39. The van der Waals surface area contributed by atoms with Gasteiger partial charge in [0.2, 0.25) is 0 Å². The second-order valence-corrected chi connectivity index (χ2v) is 9.91. The van der Waals surface area contributed by atoms with Gasteiger partial charge in [-0.05, 0) is 61.5 Å². The Morgan fingerprint density at radius 2 is 1.70 bits per heavy atom. The molecule has 1 N–H and O–H groups in total. The molecule has 1 saturated heterocycles. The van der Waals surface area contributed by atoms with Gasteiger partial charge in [0.05, 0.1) is 12.2 Å². The van der Waals surface area contributed by atoms with E-state index < -0.39 is 0 Å². The number of esters is 1. The number of ether oxygens (including phenoxy) is 1. The van der Waals surface area contributed by atoms with E-state index in [-0.39, 0.29) is 5.97 Å². The van der Waals surface area contributed by atoms with E-state index in [1.165, 1.54) is 11.1 Å². The van der Waals surface area contributed by atoms with Gasteiger partial charge in [0, 0.05) is 24.4 Å². The van der Waals surface area contributed by atoms with Crippen molar-refractivity contribution in [3.63, 3.8) is 0 Å². The van der Waals surface area contributed by atoms with E-state index in [2.05, 4.69) is 52.7 Å². The van der Waals surface area contributed by atoms with Gasteiger partial charge in [-0.2, -0.15) is 0 Å². The van der Waals surface area contributed by atoms with Crippen LogP contribution in [0.4, 0.5) is 5.00 Å². The van der Waals surface area contributed by atoms with Gasteiger partial charge in [-0.3, -0.25) is 0 Å². The molecule has 1 aliphatic rings. The first-order chi connectivity index (χ1) is 16.1. The van der Waals surface area contributed by atoms with Gasteiger partial charge < -0.3 is 15.0 Å². The van der Waals surface area contributed by atoms with Gasteiger partial charge >= 0.3 is 5.97 Å². The minimum absolute atomic E-state index is 0.306. The summed E-state index contributed by atoms with van der Waals surface area (Å²) in [5, 5.41) is 4.83. The maximum atomic E-state index is 12.6. The molecule has 0 saturated carbocycles. The third-order valence-electron chi connectivity index (χ3n) is 5.99. The molecule has 3 aromatic rings. The third-order valence-corrected chi connectivity index (χ3v) is 7.40. The van der Waals surface area contributed by atoms with Crippen LogP contribution in [-0.2, 0) is 17.6 Å². The van der Waals surface area contributed by atoms with Gasteiger partial charge in [0.15, 0.2) is 5.11 Å². The van der Waals surface area contributed by atoms with Crippen LogP contribution in [0.3, 0.4) is 0 Å². The molecule has 0 aliphatic carbocycles. The molecule has 0 spiro atoms. The summed E-state index contributed by atoms with van der Waals surface area (Å²) >= 11 is 7.32. The number of nitrogens with one attached hydrogen (secondary N) is 1. The van der Waals surface area contributed by atoms with Crippen LogP contribution in [0, 0.1) is 5.92 Å². The summed E-state index contributed by atoms with van der Waals surface area (Å²) in [6.45, 7) is 4.04. The highest BCUT2D eigenvalue weighted by molar-refractivity contribution is 7.80. The molecule has 0 bridgehead atoms. The number of rotatable bonds is 7. The van der Waals surface area contributed by atoms with E-state index in [1.807, 2.05) is 31.2 Å². The van der Waals surface area contributed by atoms with E-state index in [4.69, 9.17) is 17.0 Å². The van der Waals surface area contributed by atoms with Gasteiger partial charge in [0.25, 0.3) is 0 Å². The van der Waals surface area contributed by atoms with Crippen LogP contribution in [0.25, 0.3) is 0 Å². The van der Waals surface area contributed by atoms with Crippen molar-refractivity contribution in [2.75, 3.05) is 25.0 Å². The van der Waals surface area contributed by atoms with E-state index in [0.29, 0.717) is 23.2 Å². The highest BCUT2D eigenvalue weighted by Crippen LogP contribution is 2.31. The van der Waals surface area contributed by atoms with Crippen LogP contribution >= 0.6 is 23.6 Å². The maximum absolute atomic E-state index is 12.6. The lowest BCUT2D eigenvalue weighted by Crippen LogP contribution is -2.41. The van der Waals surface area contributed by atoms with Crippen molar-refractivity contribution in [2.45, 2.75) is 32.6 Å². The van der Waals surface area contributed by atoms with Crippen molar-refractivity contribution in [3.05, 3.63) is 88.3 Å². The van der Waals surface area contributed by atoms with Gasteiger partial charge in [0.1, 0.15) is 5.00 Å². The molecule has 1 fully saturated rings. The number of likely N-dealkylation sites (tertiary alicyclic amines) is 1. The van der Waals surface area contributed by atoms with Crippen molar-refractivity contribution in [1.29, 1.82) is 0 Å². The number of hydrogen-bond donors (Lipinski definition) is 1. The number of anilines is 1. The third kappa shape index (κ3) is 6.42. The molecule has 1 aromatic heterocycles. The van der Waals surface area contributed by atoms with Gasteiger partial charge in [-0.1, -0.05) is 60.7 Å². The Bertz CT molecular complexity index is 1060. The fourth-order valence-electron chi connectivity index (χ4n) is 4.24. The normalized spacial score (nSPS) is 14.2. The Hall–Kier alpha value is -2.70. The summed E-state index contributed by atoms with van der Waals surface area (Å²) < 4.78 is 5.30. The number of thiocarbonyl (C=S) groups is 1. The van der Waals surface area contributed by atoms with Crippen molar-refractivity contribution in [3.8, 4) is 0 Å². The number of hydrogen-bond acceptors (Lipinski definition) is 4. The number of piperidine rings is 1. The number of benzene rings is 2. The van der Waals surface area contributed by atoms with Crippen LogP contribution in [0.5, 0.6) is 0 Å². The topological polar surface area (TPSA) is 41.6 Å². The fourth-order valence-corrected chi connectivity index (χ4v) is 5.67. The monoisotopic (exact) mass is 478 g/mol. The minimum Gasteiger partial charge on any atom is -0.462 e. The lowest BCUT2D eigenvalue weighted by molar-refractivity contribution is 0.0528. The molecule has 172 valence electrons. The van der Waals surface area contributed by atoms with E-state index in [0.717, 1.165) is 48.7 Å². The highest BCUT2D eigenvalue weighted by atomic mass is 32.1. The summed E-state index contributed by atoms with van der Waals surface area (Å²) in [6.07, 6.45) is 4.13. The molecule has 6 heteroatoms. The predicted molar refractivity (Wildman–Crippen MR) is 140 cm³/mol. The summed E-state index contributed by atoms with van der Waals surface area (Å²) in [7, 11) is 0. The molecule has 0 unspecified atom stereocenters. The molecule has 4 rings (SSSR count). The first-order valence-electron chi connectivity index (χ1n) is 11.6. The number of thiophene rings is 1. The standard InChI is InChI=1S/C27H30N2O2S2/c1-2-31-26(30)24-19-23(18-21-11-7-4-8-12-21)33-25(24)28-27(32)29-15-13-22(14-16-29)17-20-9-5-3-6-10-20/h3-12,19,22H,2,13-18H2,1H3,(H,28,32). The second kappa shape index (κ2) is 11.4. The largest absolute Gasteiger partial charge is 0.462 e. The summed E-state index contributed by atoms with van der Waals surface area (Å²) in [4.78, 5) is 15.9. The molecule has 2 aromatic carbocycles. The summed E-state index contributed by atoms with van der Waals surface area (Å²) in [5.74, 6) is 0.376. The first kappa shape index (κ1) is 23.5. The Labute approximate surface area is 205 Å². The summed E-state index contributed by atoms with van der Waals surface area (Å²) in [6, 6.07) is 22.9. The molecular weight excluding hydrogens is 448 g/mol. The molecule has 1 aliphatic heterocycles. The van der Waals surface area contributed by atoms with Gasteiger partial charge in [-0.15, -0.1) is 11.3 Å². The van der Waals surface area contributed by atoms with Crippen molar-refractivity contribution >= 4 is 39.6 Å². The molecule has 0 radical (unpaired) electrons. The fraction of sp³-hybridized carbons (Fsp3) is 0.333. The van der Waals surface area contributed by atoms with Crippen LogP contribution in [0.15, 0.2) is 66.7 Å². The first-order valence-corrected chi connectivity index (χ1v) is 12.8. The average molecular weight is 479 g/mol. The Morgan fingerprint density at radius 1 is 1.06 bits per heavy atom. The molecule has 4 nitrogen and oxygen atoms in total. The summed E-state index contributed by atoms with van der Waals surface area (Å²) in [5.41, 5.74) is 3.18. The zero-order chi connectivity index (χ0) is 23.0. The minimum atomic E-state index is -0.306. The van der Waals surface area contributed by atoms with Crippen molar-refractivity contribution in [2.24, 2.45) is 5.92 Å². The predicted octanol–water partition coefficient (Wildman–Crippen LogP) is 6.17. The van der Waals surface area contributed by atoms with Gasteiger partial charge in [-0.25, -0.2) is 4.79 Å². The Kier molecular flexibility index (Phi) is 8.13. The zero-order valence-corrected chi connectivity index (χ0v) is 20.6. The van der Waals surface area contributed by atoms with Crippen LogP contribution in [0.1, 0.15) is 46.1 Å². The van der Waals surface area contributed by atoms with E-state index in [9.17, 15) is 4.79 Å². The van der Waals surface area contributed by atoms with Crippen LogP contribution < -0.4 is 5.32 Å². The van der Waals surface area contributed by atoms with E-state index >= 15 is 0 Å².